The Labute approximate surface area is 250 Å². The number of carbonyl (C=O) groups is 4. The molecule has 10 heteroatoms. The molecule has 1 atom stereocenters. The van der Waals surface area contributed by atoms with Gasteiger partial charge in [-0.3, -0.25) is 24.2 Å². The molecule has 0 aromatic carbocycles. The Balaban J connectivity index is 1.76. The Bertz CT molecular complexity index is 1660. The number of nitrogens with one attached hydrogen (secondary N) is 3. The number of allylic oxidation sites excluding steroid dienone is 4. The first-order chi connectivity index (χ1) is 20.4. The van der Waals surface area contributed by atoms with E-state index in [4.69, 9.17) is 4.99 Å². The molecule has 5 N–H and O–H groups in total. The predicted molar refractivity (Wildman–Crippen MR) is 164 cm³/mol. The van der Waals surface area contributed by atoms with Crippen LogP contribution in [0.3, 0.4) is 0 Å². The van der Waals surface area contributed by atoms with Gasteiger partial charge < -0.3 is 25.8 Å². The van der Waals surface area contributed by atoms with E-state index in [1.54, 1.807) is 19.1 Å². The molecule has 10 nitrogen and oxygen atoms in total. The molecule has 43 heavy (non-hydrogen) atoms. The topological polar surface area (TPSA) is 161 Å². The number of H-pyrrole nitrogens is 1. The Morgan fingerprint density at radius 1 is 0.837 bits per heavy atom. The van der Waals surface area contributed by atoms with Gasteiger partial charge in [0.2, 0.25) is 0 Å². The Morgan fingerprint density at radius 2 is 1.47 bits per heavy atom. The first kappa shape index (κ1) is 31.0. The summed E-state index contributed by atoms with van der Waals surface area (Å²) in [4.78, 5) is 56.0. The minimum atomic E-state index is -0.922. The molecule has 0 fully saturated rings. The lowest BCUT2D eigenvalue weighted by molar-refractivity contribution is -0.138. The summed E-state index contributed by atoms with van der Waals surface area (Å²) in [5.41, 5.74) is 9.29. The van der Waals surface area contributed by atoms with Crippen LogP contribution < -0.4 is 10.6 Å². The van der Waals surface area contributed by atoms with Crippen molar-refractivity contribution in [1.82, 2.24) is 15.6 Å². The number of aromatic nitrogens is 1. The fourth-order valence-corrected chi connectivity index (χ4v) is 5.72. The monoisotopic (exact) mass is 584 g/mol. The van der Waals surface area contributed by atoms with E-state index < -0.39 is 18.0 Å². The highest BCUT2D eigenvalue weighted by Gasteiger charge is 2.30. The van der Waals surface area contributed by atoms with Crippen molar-refractivity contribution in [2.24, 2.45) is 4.99 Å². The van der Waals surface area contributed by atoms with Crippen LogP contribution in [0.1, 0.15) is 62.5 Å². The number of nitrogens with zero attached hydrogens (tertiary/aromatic N) is 1. The number of rotatable bonds is 12. The quantitative estimate of drug-likeness (QED) is 0.245. The molecule has 0 spiro atoms. The van der Waals surface area contributed by atoms with Gasteiger partial charge in [-0.05, 0) is 80.5 Å². The Kier molecular flexibility index (Phi) is 8.99. The lowest BCUT2D eigenvalue weighted by Crippen LogP contribution is -2.16. The summed E-state index contributed by atoms with van der Waals surface area (Å²) in [6.07, 6.45) is 7.57. The highest BCUT2D eigenvalue weighted by molar-refractivity contribution is 6.12. The van der Waals surface area contributed by atoms with Crippen molar-refractivity contribution in [2.75, 3.05) is 0 Å². The first-order valence-corrected chi connectivity index (χ1v) is 14.0. The maximum absolute atomic E-state index is 12.3. The number of carboxylic acid groups (broad SMARTS) is 2. The second-order valence-corrected chi connectivity index (χ2v) is 10.8. The van der Waals surface area contributed by atoms with Gasteiger partial charge in [0.1, 0.15) is 0 Å². The molecule has 1 aromatic heterocycles. The zero-order valence-electron chi connectivity index (χ0n) is 24.8. The van der Waals surface area contributed by atoms with Gasteiger partial charge in [0.15, 0.2) is 0 Å². The van der Waals surface area contributed by atoms with Crippen LogP contribution in [-0.4, -0.2) is 50.7 Å². The molecular formula is C33H36N4O6. The van der Waals surface area contributed by atoms with Gasteiger partial charge in [-0.1, -0.05) is 25.3 Å². The molecular weight excluding hydrogens is 548 g/mol. The highest BCUT2D eigenvalue weighted by Crippen LogP contribution is 2.33. The van der Waals surface area contributed by atoms with Crippen molar-refractivity contribution in [2.45, 2.75) is 65.8 Å². The van der Waals surface area contributed by atoms with Crippen molar-refractivity contribution in [3.05, 3.63) is 98.7 Å². The zero-order valence-corrected chi connectivity index (χ0v) is 24.8. The van der Waals surface area contributed by atoms with Gasteiger partial charge in [-0.25, -0.2) is 0 Å². The summed E-state index contributed by atoms with van der Waals surface area (Å²) in [5, 5.41) is 24.6. The van der Waals surface area contributed by atoms with Crippen molar-refractivity contribution < 1.29 is 29.4 Å². The van der Waals surface area contributed by atoms with Crippen LogP contribution in [0.2, 0.25) is 0 Å². The van der Waals surface area contributed by atoms with Gasteiger partial charge in [-0.15, -0.1) is 0 Å². The highest BCUT2D eigenvalue weighted by atomic mass is 16.4. The van der Waals surface area contributed by atoms with E-state index in [0.29, 0.717) is 46.7 Å². The van der Waals surface area contributed by atoms with Crippen LogP contribution in [0.25, 0.3) is 6.08 Å². The summed E-state index contributed by atoms with van der Waals surface area (Å²) in [6, 6.07) is -0.400. The molecule has 0 radical (unpaired) electrons. The Morgan fingerprint density at radius 3 is 2.07 bits per heavy atom. The van der Waals surface area contributed by atoms with Crippen molar-refractivity contribution in [3.8, 4) is 0 Å². The van der Waals surface area contributed by atoms with Gasteiger partial charge in [0.05, 0.1) is 17.5 Å². The summed E-state index contributed by atoms with van der Waals surface area (Å²) in [5.74, 6) is -2.29. The molecule has 0 aliphatic carbocycles. The van der Waals surface area contributed by atoms with Gasteiger partial charge in [0.25, 0.3) is 11.8 Å². The van der Waals surface area contributed by atoms with E-state index in [-0.39, 0.29) is 31.1 Å². The van der Waals surface area contributed by atoms with E-state index in [1.807, 2.05) is 26.8 Å². The van der Waals surface area contributed by atoms with E-state index in [9.17, 15) is 29.4 Å². The third kappa shape index (κ3) is 6.28. The average Bonchev–Trinajstić information content (AvgIpc) is 3.59. The molecule has 4 rings (SSSR count). The number of hydrogen-bond donors (Lipinski definition) is 5. The largest absolute Gasteiger partial charge is 0.481 e. The molecule has 224 valence electrons. The van der Waals surface area contributed by atoms with Crippen LogP contribution in [0.5, 0.6) is 0 Å². The summed E-state index contributed by atoms with van der Waals surface area (Å²) < 4.78 is 0. The van der Waals surface area contributed by atoms with Crippen molar-refractivity contribution in [3.63, 3.8) is 0 Å². The van der Waals surface area contributed by atoms with E-state index in [0.717, 1.165) is 39.2 Å². The van der Waals surface area contributed by atoms with Crippen LogP contribution in [0.15, 0.2) is 81.2 Å². The summed E-state index contributed by atoms with van der Waals surface area (Å²) in [7, 11) is 0. The standard InChI is InChI=1S/C33H36N4O6/c1-7-20-19(6)32(42)37-27(20)14-25-18(5)23(10-12-31(40)41)29(35-25)15-28-22(9-11-30(38)39)17(4)24(34-28)13-26-16(3)21(8-2)33(43)36-26/h7-8,13-14,29,34H,1-2,9-12,15H2,3-6H3,(H,36,43)(H,37,42)(H,38,39)(H,40,41)/b26-13+,27-14+. The molecule has 0 bridgehead atoms. The first-order valence-electron chi connectivity index (χ1n) is 14.0. The zero-order chi connectivity index (χ0) is 31.6. The Hall–Kier alpha value is -4.99. The number of amides is 2. The van der Waals surface area contributed by atoms with E-state index >= 15 is 0 Å². The van der Waals surface area contributed by atoms with E-state index in [2.05, 4.69) is 28.8 Å². The molecule has 1 aromatic rings. The number of aliphatic carboxylic acids is 2. The molecule has 3 aliphatic heterocycles. The van der Waals surface area contributed by atoms with Crippen LogP contribution >= 0.6 is 0 Å². The lowest BCUT2D eigenvalue weighted by Gasteiger charge is -2.14. The molecule has 0 saturated heterocycles. The summed E-state index contributed by atoms with van der Waals surface area (Å²) in [6.45, 7) is 14.9. The molecule has 4 heterocycles. The fourth-order valence-electron chi connectivity index (χ4n) is 5.72. The third-order valence-corrected chi connectivity index (χ3v) is 8.23. The fraction of sp³-hybridized carbons (Fsp3) is 0.303. The van der Waals surface area contributed by atoms with Crippen LogP contribution in [0.4, 0.5) is 0 Å². The van der Waals surface area contributed by atoms with Gasteiger partial charge in [-0.2, -0.15) is 0 Å². The lowest BCUT2D eigenvalue weighted by atomic mass is 9.93. The van der Waals surface area contributed by atoms with Crippen LogP contribution in [0, 0.1) is 6.92 Å². The SMILES string of the molecule is C=CC1=C(C)/C(=C\c2[nH]c(CC3N=C(/C=C4/NC(=O)C(C)=C4C=C)C(C)=C3CCC(=O)O)c(CCC(=O)O)c2C)NC1=O. The average molecular weight is 585 g/mol. The van der Waals surface area contributed by atoms with Gasteiger partial charge in [0, 0.05) is 53.1 Å². The minimum Gasteiger partial charge on any atom is -0.481 e. The third-order valence-electron chi connectivity index (χ3n) is 8.23. The van der Waals surface area contributed by atoms with Crippen LogP contribution in [-0.2, 0) is 32.0 Å². The molecule has 0 saturated carbocycles. The molecule has 2 amide bonds. The number of hydrogen-bond acceptors (Lipinski definition) is 5. The number of aromatic amines is 1. The predicted octanol–water partition coefficient (Wildman–Crippen LogP) is 4.38. The van der Waals surface area contributed by atoms with Crippen molar-refractivity contribution >= 4 is 35.5 Å². The normalized spacial score (nSPS) is 20.4. The number of aliphatic imine (C=N–C) groups is 1. The smallest absolute Gasteiger partial charge is 0.303 e. The molecule has 3 aliphatic rings. The maximum atomic E-state index is 12.3. The van der Waals surface area contributed by atoms with Gasteiger partial charge >= 0.3 is 11.9 Å². The van der Waals surface area contributed by atoms with Crippen molar-refractivity contribution in [1.29, 1.82) is 0 Å². The number of carboxylic acids is 2. The molecule has 1 unspecified atom stereocenters. The van der Waals surface area contributed by atoms with E-state index in [1.165, 1.54) is 6.08 Å². The number of carbonyl (C=O) groups excluding carboxylic acids is 2. The minimum absolute atomic E-state index is 0.0693. The maximum Gasteiger partial charge on any atom is 0.303 e. The second kappa shape index (κ2) is 12.5. The second-order valence-electron chi connectivity index (χ2n) is 10.8. The summed E-state index contributed by atoms with van der Waals surface area (Å²) >= 11 is 0.